The molecule has 6 rings (SSSR count). The third kappa shape index (κ3) is 5.52. The molecule has 1 unspecified atom stereocenters. The van der Waals surface area contributed by atoms with Crippen molar-refractivity contribution in [3.8, 4) is 11.3 Å². The van der Waals surface area contributed by atoms with Crippen LogP contribution in [0.5, 0.6) is 0 Å². The Balaban J connectivity index is 1.49. The molecule has 0 radical (unpaired) electrons. The van der Waals surface area contributed by atoms with Crippen LogP contribution in [0.4, 0.5) is 24.5 Å². The molecule has 10 nitrogen and oxygen atoms in total. The second-order valence-corrected chi connectivity index (χ2v) is 12.8. The Labute approximate surface area is 239 Å². The number of hydrogen-bond acceptors (Lipinski definition) is 8. The number of carbonyl (C=O) groups is 1. The number of halogens is 3. The smallest absolute Gasteiger partial charge is 0.295 e. The van der Waals surface area contributed by atoms with E-state index < -0.39 is 40.4 Å². The first-order valence-corrected chi connectivity index (χ1v) is 15.5. The third-order valence-corrected chi connectivity index (χ3v) is 8.64. The van der Waals surface area contributed by atoms with E-state index in [0.29, 0.717) is 24.3 Å². The highest BCUT2D eigenvalue weighted by molar-refractivity contribution is 7.90. The van der Waals surface area contributed by atoms with Gasteiger partial charge in [-0.15, -0.1) is 0 Å². The summed E-state index contributed by atoms with van der Waals surface area (Å²) in [6.45, 7) is 0.385. The molecule has 42 heavy (non-hydrogen) atoms. The van der Waals surface area contributed by atoms with E-state index in [1.165, 1.54) is 16.7 Å². The number of alkyl halides is 3. The summed E-state index contributed by atoms with van der Waals surface area (Å²) in [5, 5.41) is 3.06. The molecule has 1 aliphatic carbocycles. The van der Waals surface area contributed by atoms with Gasteiger partial charge in [-0.2, -0.15) is 0 Å². The van der Waals surface area contributed by atoms with Crippen LogP contribution in [-0.4, -0.2) is 57.3 Å². The number of Topliss-reactive ketones (excluding diaryl/α,β-unsaturated/α-hetero) is 1. The van der Waals surface area contributed by atoms with Gasteiger partial charge in [-0.3, -0.25) is 9.36 Å². The molecule has 0 bridgehead atoms. The summed E-state index contributed by atoms with van der Waals surface area (Å²) in [4.78, 5) is 25.7. The lowest BCUT2D eigenvalue weighted by molar-refractivity contribution is -0.120. The van der Waals surface area contributed by atoms with Gasteiger partial charge in [0.1, 0.15) is 23.7 Å². The Morgan fingerprint density at radius 3 is 2.60 bits per heavy atom. The molecule has 2 aliphatic rings. The monoisotopic (exact) mass is 602 g/mol. The number of fused-ring (bicyclic) bond motifs is 1. The zero-order valence-electron chi connectivity index (χ0n) is 22.9. The number of nitrogens with one attached hydrogen (secondary N) is 1. The molecule has 2 fully saturated rings. The molecular formula is C28H29F3N6O4S. The number of pyridine rings is 1. The number of hydrogen-bond donors (Lipinski definition) is 1. The first kappa shape index (κ1) is 28.3. The maximum atomic E-state index is 14.3. The fourth-order valence-electron chi connectivity index (χ4n) is 5.29. The topological polar surface area (TPSA) is 121 Å². The molecule has 1 N–H and O–H groups in total. The Bertz CT molecular complexity index is 1780. The number of nitrogens with zero attached hydrogens (tertiary/aromatic N) is 5. The van der Waals surface area contributed by atoms with E-state index in [0.717, 1.165) is 19.1 Å². The molecule has 3 aromatic heterocycles. The van der Waals surface area contributed by atoms with E-state index in [1.54, 1.807) is 36.3 Å². The maximum absolute atomic E-state index is 14.3. The van der Waals surface area contributed by atoms with Gasteiger partial charge in [0.05, 0.1) is 39.9 Å². The number of ether oxygens (including phenoxy) is 1. The Kier molecular flexibility index (Phi) is 7.29. The van der Waals surface area contributed by atoms with E-state index in [1.807, 2.05) is 0 Å². The number of imidazole rings is 2. The molecule has 1 saturated carbocycles. The molecule has 1 saturated heterocycles. The number of sulfone groups is 1. The minimum Gasteiger partial charge on any atom is -0.358 e. The summed E-state index contributed by atoms with van der Waals surface area (Å²) < 4.78 is 76.8. The van der Waals surface area contributed by atoms with Crippen molar-refractivity contribution in [3.63, 3.8) is 0 Å². The summed E-state index contributed by atoms with van der Waals surface area (Å²) in [5.41, 5.74) is 1.86. The number of rotatable bonds is 9. The predicted molar refractivity (Wildman–Crippen MR) is 148 cm³/mol. The lowest BCUT2D eigenvalue weighted by Gasteiger charge is -2.25. The molecule has 1 aliphatic heterocycles. The average molecular weight is 603 g/mol. The lowest BCUT2D eigenvalue weighted by Crippen LogP contribution is -2.21. The second kappa shape index (κ2) is 10.8. The SMILES string of the molecule is Cn1cnc(-c2ccc(Nc3cc(CC(=O)[C@@H]4C[C@@H]4F)nc4c3nc(C(F)F)n4C3CCCCO3)c(S(C)(=O)=O)c2)c1. The molecule has 1 aromatic carbocycles. The highest BCUT2D eigenvalue weighted by Gasteiger charge is 2.43. The van der Waals surface area contributed by atoms with Crippen LogP contribution < -0.4 is 5.32 Å². The fraction of sp³-hybridized carbons (Fsp3) is 0.429. The van der Waals surface area contributed by atoms with Gasteiger partial charge in [-0.05, 0) is 43.9 Å². The van der Waals surface area contributed by atoms with Crippen LogP contribution in [0.25, 0.3) is 22.4 Å². The average Bonchev–Trinajstić information content (AvgIpc) is 3.33. The Morgan fingerprint density at radius 1 is 1.19 bits per heavy atom. The summed E-state index contributed by atoms with van der Waals surface area (Å²) in [6.07, 6.45) is 1.48. The Hall–Kier alpha value is -3.78. The number of aromatic nitrogens is 5. The van der Waals surface area contributed by atoms with Gasteiger partial charge in [-0.1, -0.05) is 6.07 Å². The minimum atomic E-state index is -3.78. The number of benzene rings is 1. The van der Waals surface area contributed by atoms with Gasteiger partial charge < -0.3 is 14.6 Å². The van der Waals surface area contributed by atoms with Crippen LogP contribution in [0.15, 0.2) is 41.7 Å². The quantitative estimate of drug-likeness (QED) is 0.282. The van der Waals surface area contributed by atoms with Gasteiger partial charge in [0, 0.05) is 38.1 Å². The molecule has 4 heterocycles. The molecular weight excluding hydrogens is 573 g/mol. The van der Waals surface area contributed by atoms with Crippen molar-refractivity contribution in [1.29, 1.82) is 0 Å². The first-order valence-electron chi connectivity index (χ1n) is 13.6. The molecule has 0 spiro atoms. The number of ketones is 1. The third-order valence-electron chi connectivity index (χ3n) is 7.50. The van der Waals surface area contributed by atoms with E-state index in [-0.39, 0.29) is 51.8 Å². The summed E-state index contributed by atoms with van der Waals surface area (Å²) in [7, 11) is -1.98. The van der Waals surface area contributed by atoms with Crippen molar-refractivity contribution in [2.75, 3.05) is 18.2 Å². The first-order chi connectivity index (χ1) is 20.0. The maximum Gasteiger partial charge on any atom is 0.295 e. The summed E-state index contributed by atoms with van der Waals surface area (Å²) in [5.74, 6) is -1.60. The van der Waals surface area contributed by atoms with Crippen LogP contribution in [0.2, 0.25) is 0 Å². The second-order valence-electron chi connectivity index (χ2n) is 10.8. The van der Waals surface area contributed by atoms with Gasteiger partial charge in [0.2, 0.25) is 0 Å². The van der Waals surface area contributed by atoms with Crippen molar-refractivity contribution in [2.45, 2.75) is 55.8 Å². The van der Waals surface area contributed by atoms with Crippen LogP contribution in [0.1, 0.15) is 49.9 Å². The summed E-state index contributed by atoms with van der Waals surface area (Å²) >= 11 is 0. The largest absolute Gasteiger partial charge is 0.358 e. The zero-order valence-corrected chi connectivity index (χ0v) is 23.7. The van der Waals surface area contributed by atoms with E-state index in [9.17, 15) is 26.4 Å². The van der Waals surface area contributed by atoms with E-state index in [4.69, 9.17) is 4.74 Å². The number of aryl methyl sites for hydroxylation is 1. The van der Waals surface area contributed by atoms with Crippen LogP contribution in [0, 0.1) is 5.92 Å². The van der Waals surface area contributed by atoms with E-state index >= 15 is 0 Å². The Morgan fingerprint density at radius 2 is 1.98 bits per heavy atom. The number of anilines is 2. The van der Waals surface area contributed by atoms with Crippen molar-refractivity contribution < 1.29 is 31.1 Å². The highest BCUT2D eigenvalue weighted by Crippen LogP contribution is 2.39. The van der Waals surface area contributed by atoms with Gasteiger partial charge in [-0.25, -0.2) is 36.5 Å². The minimum absolute atomic E-state index is 0.0457. The predicted octanol–water partition coefficient (Wildman–Crippen LogP) is 5.09. The lowest BCUT2D eigenvalue weighted by atomic mass is 10.1. The van der Waals surface area contributed by atoms with Gasteiger partial charge >= 0.3 is 0 Å². The fourth-order valence-corrected chi connectivity index (χ4v) is 6.15. The molecule has 14 heteroatoms. The molecule has 4 aromatic rings. The highest BCUT2D eigenvalue weighted by atomic mass is 32.2. The van der Waals surface area contributed by atoms with Gasteiger partial charge in [0.15, 0.2) is 21.3 Å². The van der Waals surface area contributed by atoms with Crippen LogP contribution in [-0.2, 0) is 32.8 Å². The van der Waals surface area contributed by atoms with Gasteiger partial charge in [0.25, 0.3) is 6.43 Å². The molecule has 0 amide bonds. The molecule has 222 valence electrons. The van der Waals surface area contributed by atoms with Crippen molar-refractivity contribution in [1.82, 2.24) is 24.1 Å². The van der Waals surface area contributed by atoms with Crippen LogP contribution in [0.3, 0.4) is 0 Å². The normalized spacial score (nSPS) is 20.8. The van der Waals surface area contributed by atoms with E-state index in [2.05, 4.69) is 20.3 Å². The van der Waals surface area contributed by atoms with Crippen molar-refractivity contribution >= 4 is 38.2 Å². The van der Waals surface area contributed by atoms with Crippen LogP contribution >= 0.6 is 0 Å². The number of carbonyl (C=O) groups excluding carboxylic acids is 1. The van der Waals surface area contributed by atoms with Crippen molar-refractivity contribution in [2.24, 2.45) is 13.0 Å². The zero-order chi connectivity index (χ0) is 29.8. The molecule has 3 atom stereocenters. The standard InChI is InChI=1S/C28H29F3N6O4S/c1-36-13-21(32-14-36)15-6-7-19(23(9-15)42(2,39)40)34-20-10-16(11-22(38)17-12-18(17)29)33-27-25(20)35-28(26(30)31)37(27)24-5-3-4-8-41-24/h6-7,9-10,13-14,17-18,24,26H,3-5,8,11-12H2,1-2H3,(H,33,34)/t17-,18+,24?/m1/s1. The van der Waals surface area contributed by atoms with Crippen molar-refractivity contribution in [3.05, 3.63) is 48.3 Å². The summed E-state index contributed by atoms with van der Waals surface area (Å²) in [6, 6.07) is 6.21.